The van der Waals surface area contributed by atoms with Crippen LogP contribution < -0.4 is 16.0 Å². The summed E-state index contributed by atoms with van der Waals surface area (Å²) in [4.78, 5) is 186. The van der Waals surface area contributed by atoms with E-state index in [4.69, 9.17) is 18.0 Å². The average Bonchev–Trinajstić information content (AvgIpc) is 1.68. The highest BCUT2D eigenvalue weighted by Crippen LogP contribution is 2.36. The summed E-state index contributed by atoms with van der Waals surface area (Å²) in [5.41, 5.74) is -0.738. The van der Waals surface area contributed by atoms with Crippen molar-refractivity contribution in [1.29, 1.82) is 0 Å². The predicted molar refractivity (Wildman–Crippen MR) is 365 cm³/mol. The summed E-state index contributed by atoms with van der Waals surface area (Å²) >= 11 is 6.10. The molecule has 0 aromatic heterocycles. The van der Waals surface area contributed by atoms with Gasteiger partial charge in [0.25, 0.3) is 0 Å². The highest BCUT2D eigenvalue weighted by atomic mass is 35.5. The molecule has 3 N–H and O–H groups in total. The van der Waals surface area contributed by atoms with Gasteiger partial charge in [-0.2, -0.15) is 13.2 Å². The van der Waals surface area contributed by atoms with E-state index >= 15 is 4.79 Å². The zero-order chi connectivity index (χ0) is 73.0. The van der Waals surface area contributed by atoms with Gasteiger partial charge in [0.1, 0.15) is 42.3 Å². The summed E-state index contributed by atoms with van der Waals surface area (Å²) in [7, 11) is 9.89. The van der Waals surface area contributed by atoms with Crippen LogP contribution in [0.3, 0.4) is 0 Å². The predicted octanol–water partition coefficient (Wildman–Crippen LogP) is 5.26. The van der Waals surface area contributed by atoms with E-state index in [9.17, 15) is 65.9 Å². The van der Waals surface area contributed by atoms with E-state index in [2.05, 4.69) is 21.9 Å². The maximum atomic E-state index is 15.3. The molecule has 12 amide bonds. The molecular formula is C71H106ClF3N12O12. The van der Waals surface area contributed by atoms with Crippen LogP contribution in [0, 0.1) is 30.1 Å². The monoisotopic (exact) mass is 1410 g/mol. The smallest absolute Gasteiger partial charge is 0.354 e. The van der Waals surface area contributed by atoms with Crippen molar-refractivity contribution in [1.82, 2.24) is 60.0 Å². The van der Waals surface area contributed by atoms with Crippen molar-refractivity contribution in [2.45, 2.75) is 216 Å². The number of benzene rings is 1. The van der Waals surface area contributed by atoms with Crippen molar-refractivity contribution in [2.24, 2.45) is 17.8 Å². The van der Waals surface area contributed by atoms with E-state index in [1.165, 1.54) is 72.9 Å². The third kappa shape index (κ3) is 22.5. The van der Waals surface area contributed by atoms with E-state index in [1.54, 1.807) is 11.9 Å². The molecular weight excluding hydrogens is 1310 g/mol. The van der Waals surface area contributed by atoms with E-state index in [1.807, 2.05) is 13.8 Å². The molecule has 0 radical (unpaired) electrons. The van der Waals surface area contributed by atoms with Gasteiger partial charge < -0.3 is 60.0 Å². The number of piperidine rings is 1. The van der Waals surface area contributed by atoms with E-state index in [0.29, 0.717) is 57.2 Å². The van der Waals surface area contributed by atoms with Crippen LogP contribution in [0.1, 0.15) is 173 Å². The van der Waals surface area contributed by atoms with Gasteiger partial charge in [-0.1, -0.05) is 82.9 Å². The normalized spacial score (nSPS) is 25.8. The lowest BCUT2D eigenvalue weighted by atomic mass is 9.82. The molecule has 0 unspecified atom stereocenters. The quantitative estimate of drug-likeness (QED) is 0.253. The molecule has 28 heteroatoms. The van der Waals surface area contributed by atoms with Crippen molar-refractivity contribution in [3.05, 3.63) is 34.3 Å². The SMILES string of the molecule is C#CC[C@@H]1NC(=O)[C@H](CC(C)C)N(C)C(=O)C[C@@H](C(=O)N2CCCCC2)N(C)C(=O)[C@H](C2CCCCC2)N(C)C(=O)CCCCNC(=O)[C@@H]2CCCN2C(=O)[C@H](CCc2ccc(C(F)(F)F)c(Cl)c2)NC(=O)CN(C)C(=O)[C@H](CC2CCCCC2)N(C)C(=O)CN(C)C(=O)CN(C)C1=O. The number of rotatable bonds is 10. The minimum Gasteiger partial charge on any atom is -0.354 e. The summed E-state index contributed by atoms with van der Waals surface area (Å²) < 4.78 is 41.2. The Bertz CT molecular complexity index is 3080. The number of likely N-dealkylation sites (tertiary alicyclic amines) is 1. The molecule has 5 fully saturated rings. The topological polar surface area (TPSA) is 270 Å². The number of hydrogen-bond donors (Lipinski definition) is 3. The number of alkyl halides is 3. The maximum Gasteiger partial charge on any atom is 0.417 e. The zero-order valence-electron chi connectivity index (χ0n) is 59.4. The minimum atomic E-state index is -4.74. The van der Waals surface area contributed by atoms with Gasteiger partial charge >= 0.3 is 6.18 Å². The largest absolute Gasteiger partial charge is 0.417 e. The second kappa shape index (κ2) is 37.8. The van der Waals surface area contributed by atoms with Crippen LogP contribution in [0.25, 0.3) is 0 Å². The fraction of sp³-hybridized carbons (Fsp3) is 0.718. The molecule has 5 aliphatic rings. The van der Waals surface area contributed by atoms with Crippen molar-refractivity contribution in [3.8, 4) is 12.3 Å². The number of terminal acetylenes is 1. The van der Waals surface area contributed by atoms with Gasteiger partial charge in [0.15, 0.2) is 0 Å². The first-order valence-electron chi connectivity index (χ1n) is 35.4. The number of hydrogen-bond acceptors (Lipinski definition) is 12. The molecule has 6 rings (SSSR count). The summed E-state index contributed by atoms with van der Waals surface area (Å²) in [6.45, 7) is 2.95. The fourth-order valence-corrected chi connectivity index (χ4v) is 14.8. The lowest BCUT2D eigenvalue weighted by Gasteiger charge is -2.41. The molecule has 0 spiro atoms. The van der Waals surface area contributed by atoms with Gasteiger partial charge in [-0.05, 0) is 119 Å². The van der Waals surface area contributed by atoms with E-state index in [0.717, 1.165) is 84.6 Å². The summed E-state index contributed by atoms with van der Waals surface area (Å²) in [6, 6.07) is -5.28. The Morgan fingerprint density at radius 3 is 1.86 bits per heavy atom. The lowest BCUT2D eigenvalue weighted by molar-refractivity contribution is -0.155. The number of carbonyl (C=O) groups is 12. The standard InChI is InChI=1S/C71H106ClF3N12O12/c1-11-24-52-66(95)81(6)44-61(91)79(4)45-62(92)83(8)56(41-47-25-15-12-16-26-47)68(97)80(5)43-58(88)77-53(34-32-48-31-33-50(51(72)40-48)71(73,74)75)67(96)87-38-23-29-54(87)64(93)76-35-20-19-30-59(89)85(10)63(49-27-17-13-18-28-49)70(99)84(9)57(69(98)86-36-21-14-22-37-86)42-60(90)82(7)55(39-46(2)3)65(94)78-52/h1,31,33,40,46-47,49,52-57,63H,12-30,32,34-39,41-45H2,2-10H3,(H,76,93)(H,77,88)(H,78,94)/t52-,53-,54-,55-,56-,57-,63-/m0/s1. The molecule has 550 valence electrons. The van der Waals surface area contributed by atoms with Crippen LogP contribution in [0.2, 0.25) is 5.02 Å². The minimum absolute atomic E-state index is 0.0180. The Morgan fingerprint density at radius 1 is 0.616 bits per heavy atom. The first-order valence-corrected chi connectivity index (χ1v) is 35.8. The van der Waals surface area contributed by atoms with Gasteiger partial charge in [0.2, 0.25) is 70.9 Å². The molecule has 7 atom stereocenters. The first kappa shape index (κ1) is 80.5. The number of likely N-dealkylation sites (N-methyl/N-ethyl adjacent to an activating group) is 7. The van der Waals surface area contributed by atoms with E-state index in [-0.39, 0.29) is 88.1 Å². The zero-order valence-corrected chi connectivity index (χ0v) is 60.2. The highest BCUT2D eigenvalue weighted by molar-refractivity contribution is 6.31. The molecule has 1 aromatic carbocycles. The van der Waals surface area contributed by atoms with Gasteiger partial charge in [0.05, 0.1) is 36.6 Å². The number of amides is 12. The highest BCUT2D eigenvalue weighted by Gasteiger charge is 2.45. The van der Waals surface area contributed by atoms with Crippen LogP contribution in [0.15, 0.2) is 18.2 Å². The third-order valence-electron chi connectivity index (χ3n) is 20.5. The number of aryl methyl sites for hydroxylation is 1. The summed E-state index contributed by atoms with van der Waals surface area (Å²) in [5, 5.41) is 7.79. The second-order valence-corrected chi connectivity index (χ2v) is 28.7. The molecule has 1 aromatic rings. The molecule has 99 heavy (non-hydrogen) atoms. The fourth-order valence-electron chi connectivity index (χ4n) is 14.4. The maximum absolute atomic E-state index is 15.3. The molecule has 3 aliphatic heterocycles. The summed E-state index contributed by atoms with van der Waals surface area (Å²) in [6.07, 6.45) is 11.9. The van der Waals surface area contributed by atoms with Crippen LogP contribution in [-0.4, -0.2) is 252 Å². The Balaban J connectivity index is 1.33. The van der Waals surface area contributed by atoms with Crippen molar-refractivity contribution < 1.29 is 70.7 Å². The Morgan fingerprint density at radius 2 is 1.23 bits per heavy atom. The summed E-state index contributed by atoms with van der Waals surface area (Å²) in [5.74, 6) is -5.46. The van der Waals surface area contributed by atoms with Crippen LogP contribution in [0.4, 0.5) is 13.2 Å². The Labute approximate surface area is 586 Å². The van der Waals surface area contributed by atoms with Crippen molar-refractivity contribution in [2.75, 3.05) is 95.1 Å². The Hall–Kier alpha value is -7.50. The molecule has 2 saturated carbocycles. The number of carbonyl (C=O) groups excluding carboxylic acids is 12. The van der Waals surface area contributed by atoms with Gasteiger partial charge in [-0.25, -0.2) is 0 Å². The van der Waals surface area contributed by atoms with Crippen molar-refractivity contribution in [3.63, 3.8) is 0 Å². The molecule has 3 heterocycles. The van der Waals surface area contributed by atoms with Crippen LogP contribution in [-0.2, 0) is 70.1 Å². The lowest BCUT2D eigenvalue weighted by Crippen LogP contribution is -2.59. The van der Waals surface area contributed by atoms with Crippen LogP contribution in [0.5, 0.6) is 0 Å². The molecule has 3 saturated heterocycles. The van der Waals surface area contributed by atoms with Gasteiger partial charge in [0, 0.05) is 88.4 Å². The Kier molecular flexibility index (Phi) is 30.7. The number of halogens is 4. The number of nitrogens with one attached hydrogen (secondary N) is 3. The number of nitrogens with zero attached hydrogens (tertiary/aromatic N) is 9. The van der Waals surface area contributed by atoms with Gasteiger partial charge in [-0.15, -0.1) is 12.3 Å². The molecule has 0 bridgehead atoms. The van der Waals surface area contributed by atoms with Gasteiger partial charge in [-0.3, -0.25) is 57.5 Å². The second-order valence-electron chi connectivity index (χ2n) is 28.3. The van der Waals surface area contributed by atoms with Crippen molar-refractivity contribution >= 4 is 82.5 Å². The molecule has 2 aliphatic carbocycles. The van der Waals surface area contributed by atoms with E-state index < -0.39 is 150 Å². The van der Waals surface area contributed by atoms with Crippen LogP contribution >= 0.6 is 11.6 Å². The first-order chi connectivity index (χ1) is 46.8. The third-order valence-corrected chi connectivity index (χ3v) is 20.8. The average molecular weight is 1410 g/mol. The number of fused-ring (bicyclic) bond motifs is 1. The molecule has 24 nitrogen and oxygen atoms in total.